The van der Waals surface area contributed by atoms with Gasteiger partial charge in [0.25, 0.3) is 11.8 Å². The lowest BCUT2D eigenvalue weighted by Crippen LogP contribution is -2.41. The van der Waals surface area contributed by atoms with Gasteiger partial charge in [-0.1, -0.05) is 42.5 Å². The molecule has 0 heterocycles. The fourth-order valence-corrected chi connectivity index (χ4v) is 2.83. The van der Waals surface area contributed by atoms with Crippen molar-refractivity contribution < 1.29 is 19.1 Å². The van der Waals surface area contributed by atoms with Gasteiger partial charge in [-0.05, 0) is 42.0 Å². The molecular weight excluding hydrogens is 408 g/mol. The topological polar surface area (TPSA) is 101 Å². The second-order valence-electron chi connectivity index (χ2n) is 6.64. The quantitative estimate of drug-likeness (QED) is 0.357. The van der Waals surface area contributed by atoms with Gasteiger partial charge < -0.3 is 9.47 Å². The van der Waals surface area contributed by atoms with Crippen LogP contribution in [-0.4, -0.2) is 38.3 Å². The van der Waals surface area contributed by atoms with Crippen LogP contribution in [0.3, 0.4) is 0 Å². The van der Waals surface area contributed by atoms with Crippen LogP contribution in [0.25, 0.3) is 0 Å². The molecule has 2 amide bonds. The summed E-state index contributed by atoms with van der Waals surface area (Å²) in [5, 5.41) is 4.27. The number of benzene rings is 3. The van der Waals surface area contributed by atoms with Crippen molar-refractivity contribution >= 4 is 17.5 Å². The van der Waals surface area contributed by atoms with Crippen molar-refractivity contribution in [1.29, 1.82) is 0 Å². The van der Waals surface area contributed by atoms with Gasteiger partial charge in [-0.3, -0.25) is 15.0 Å². The molecule has 164 valence electrons. The molecule has 3 N–H and O–H groups in total. The molecule has 3 rings (SSSR count). The molecule has 0 saturated carbocycles. The van der Waals surface area contributed by atoms with Crippen LogP contribution < -0.4 is 25.8 Å². The molecule has 0 bridgehead atoms. The first-order valence-electron chi connectivity index (χ1n) is 9.84. The molecule has 0 aliphatic heterocycles. The molecule has 0 fully saturated rings. The van der Waals surface area contributed by atoms with E-state index >= 15 is 0 Å². The van der Waals surface area contributed by atoms with Crippen molar-refractivity contribution in [2.45, 2.75) is 0 Å². The van der Waals surface area contributed by atoms with Gasteiger partial charge in [-0.15, -0.1) is 0 Å². The van der Waals surface area contributed by atoms with E-state index in [1.807, 2.05) is 30.3 Å². The fraction of sp³-hybridized carbons (Fsp3) is 0.125. The van der Waals surface area contributed by atoms with E-state index in [1.165, 1.54) is 14.2 Å². The standard InChI is InChI=1S/C24H24N4O4/c1-31-20-12-6-10-18(14-20)23(29)27-25-16-22(17-8-4-3-5-9-17)26-28-24(30)19-11-7-13-21(15-19)32-2/h3-15,25H,16H2,1-2H3,(H,27,29)(H,28,30)/b26-22-. The molecule has 3 aromatic carbocycles. The summed E-state index contributed by atoms with van der Waals surface area (Å²) in [7, 11) is 3.08. The Morgan fingerprint density at radius 3 is 1.91 bits per heavy atom. The largest absolute Gasteiger partial charge is 0.497 e. The summed E-state index contributed by atoms with van der Waals surface area (Å²) in [6.45, 7) is 0.179. The second kappa shape index (κ2) is 11.3. The van der Waals surface area contributed by atoms with Crippen LogP contribution in [0.4, 0.5) is 0 Å². The number of amides is 2. The molecule has 0 aliphatic carbocycles. The van der Waals surface area contributed by atoms with Gasteiger partial charge in [0.05, 0.1) is 26.5 Å². The molecule has 8 nitrogen and oxygen atoms in total. The van der Waals surface area contributed by atoms with E-state index in [9.17, 15) is 9.59 Å². The third-order valence-electron chi connectivity index (χ3n) is 4.52. The van der Waals surface area contributed by atoms with E-state index in [2.05, 4.69) is 21.4 Å². The first-order valence-corrected chi connectivity index (χ1v) is 9.84. The Morgan fingerprint density at radius 1 is 0.750 bits per heavy atom. The molecule has 0 unspecified atom stereocenters. The highest BCUT2D eigenvalue weighted by atomic mass is 16.5. The van der Waals surface area contributed by atoms with Crippen molar-refractivity contribution in [2.75, 3.05) is 20.8 Å². The zero-order valence-electron chi connectivity index (χ0n) is 17.8. The summed E-state index contributed by atoms with van der Waals surface area (Å²) in [6, 6.07) is 22.9. The van der Waals surface area contributed by atoms with Crippen molar-refractivity contribution in [3.63, 3.8) is 0 Å². The van der Waals surface area contributed by atoms with Crippen LogP contribution in [0.5, 0.6) is 11.5 Å². The van der Waals surface area contributed by atoms with Crippen LogP contribution in [0.2, 0.25) is 0 Å². The number of carbonyl (C=O) groups excluding carboxylic acids is 2. The SMILES string of the molecule is COc1cccc(C(=O)N/N=C(/CNNC(=O)c2cccc(OC)c2)c2ccccc2)c1. The van der Waals surface area contributed by atoms with E-state index in [0.29, 0.717) is 28.3 Å². The minimum atomic E-state index is -0.377. The van der Waals surface area contributed by atoms with Crippen molar-refractivity contribution in [3.05, 3.63) is 95.6 Å². The van der Waals surface area contributed by atoms with Gasteiger partial charge >= 0.3 is 0 Å². The minimum absolute atomic E-state index is 0.179. The Kier molecular flexibility index (Phi) is 7.94. The van der Waals surface area contributed by atoms with Gasteiger partial charge in [-0.25, -0.2) is 10.9 Å². The average molecular weight is 432 g/mol. The lowest BCUT2D eigenvalue weighted by molar-refractivity contribution is 0.0931. The Bertz CT molecular complexity index is 1100. The first kappa shape index (κ1) is 22.5. The summed E-state index contributed by atoms with van der Waals surface area (Å²) in [4.78, 5) is 24.9. The predicted molar refractivity (Wildman–Crippen MR) is 122 cm³/mol. The lowest BCUT2D eigenvalue weighted by Gasteiger charge is -2.11. The maximum atomic E-state index is 12.5. The Balaban J connectivity index is 1.68. The van der Waals surface area contributed by atoms with Crippen LogP contribution in [0.1, 0.15) is 26.3 Å². The number of rotatable bonds is 9. The van der Waals surface area contributed by atoms with Gasteiger partial charge in [0.2, 0.25) is 0 Å². The van der Waals surface area contributed by atoms with E-state index in [4.69, 9.17) is 9.47 Å². The summed E-state index contributed by atoms with van der Waals surface area (Å²) >= 11 is 0. The van der Waals surface area contributed by atoms with E-state index in [1.54, 1.807) is 48.5 Å². The number of nitrogens with one attached hydrogen (secondary N) is 3. The lowest BCUT2D eigenvalue weighted by atomic mass is 10.1. The predicted octanol–water partition coefficient (Wildman–Crippen LogP) is 2.77. The second-order valence-corrected chi connectivity index (χ2v) is 6.64. The third kappa shape index (κ3) is 6.16. The molecule has 3 aromatic rings. The van der Waals surface area contributed by atoms with Gasteiger partial charge in [-0.2, -0.15) is 5.10 Å². The van der Waals surface area contributed by atoms with Gasteiger partial charge in [0, 0.05) is 11.1 Å². The normalized spacial score (nSPS) is 10.9. The molecule has 32 heavy (non-hydrogen) atoms. The molecule has 0 spiro atoms. The monoisotopic (exact) mass is 432 g/mol. The highest BCUT2D eigenvalue weighted by molar-refractivity contribution is 6.04. The number of hydrazone groups is 1. The zero-order chi connectivity index (χ0) is 22.8. The number of hydrogen-bond donors (Lipinski definition) is 3. The van der Waals surface area contributed by atoms with E-state index in [-0.39, 0.29) is 18.4 Å². The molecule has 0 saturated heterocycles. The summed E-state index contributed by atoms with van der Waals surface area (Å²) < 4.78 is 10.3. The van der Waals surface area contributed by atoms with Gasteiger partial charge in [0.15, 0.2) is 0 Å². The number of ether oxygens (including phenoxy) is 2. The highest BCUT2D eigenvalue weighted by Gasteiger charge is 2.10. The Labute approximate surface area is 186 Å². The summed E-state index contributed by atoms with van der Waals surface area (Å²) in [5.41, 5.74) is 10.2. The zero-order valence-corrected chi connectivity index (χ0v) is 17.8. The van der Waals surface area contributed by atoms with Crippen molar-refractivity contribution in [3.8, 4) is 11.5 Å². The number of hydrogen-bond acceptors (Lipinski definition) is 6. The fourth-order valence-electron chi connectivity index (χ4n) is 2.83. The summed E-state index contributed by atoms with van der Waals surface area (Å²) in [5.74, 6) is 0.464. The summed E-state index contributed by atoms with van der Waals surface area (Å²) in [6.07, 6.45) is 0. The van der Waals surface area contributed by atoms with Crippen LogP contribution in [0.15, 0.2) is 84.0 Å². The molecular formula is C24H24N4O4. The van der Waals surface area contributed by atoms with E-state index < -0.39 is 0 Å². The van der Waals surface area contributed by atoms with E-state index in [0.717, 1.165) is 5.56 Å². The number of carbonyl (C=O) groups is 2. The number of methoxy groups -OCH3 is 2. The van der Waals surface area contributed by atoms with Crippen molar-refractivity contribution in [2.24, 2.45) is 5.10 Å². The number of nitrogens with zero attached hydrogens (tertiary/aromatic N) is 1. The third-order valence-corrected chi connectivity index (χ3v) is 4.52. The smallest absolute Gasteiger partial charge is 0.271 e. The molecule has 8 heteroatoms. The maximum Gasteiger partial charge on any atom is 0.271 e. The molecule has 0 radical (unpaired) electrons. The van der Waals surface area contributed by atoms with Crippen LogP contribution in [-0.2, 0) is 0 Å². The maximum absolute atomic E-state index is 12.5. The average Bonchev–Trinajstić information content (AvgIpc) is 2.86. The Morgan fingerprint density at radius 2 is 1.31 bits per heavy atom. The Hall–Kier alpha value is -4.17. The molecule has 0 aromatic heterocycles. The molecule has 0 aliphatic rings. The molecule has 0 atom stereocenters. The minimum Gasteiger partial charge on any atom is -0.497 e. The van der Waals surface area contributed by atoms with Crippen LogP contribution >= 0.6 is 0 Å². The highest BCUT2D eigenvalue weighted by Crippen LogP contribution is 2.13. The first-order chi connectivity index (χ1) is 15.6. The van der Waals surface area contributed by atoms with Gasteiger partial charge in [0.1, 0.15) is 11.5 Å². The van der Waals surface area contributed by atoms with Crippen molar-refractivity contribution in [1.82, 2.24) is 16.3 Å². The van der Waals surface area contributed by atoms with Crippen LogP contribution in [0, 0.1) is 0 Å². The number of hydrazine groups is 1.